The van der Waals surface area contributed by atoms with Gasteiger partial charge in [0.15, 0.2) is 0 Å². The Kier molecular flexibility index (Phi) is 13.4. The second-order valence-corrected chi connectivity index (χ2v) is 10.6. The largest absolute Gasteiger partial charge is 0.463 e. The molecular formula is C34H37F5N2O5. The van der Waals surface area contributed by atoms with Crippen molar-refractivity contribution in [3.63, 3.8) is 0 Å². The predicted octanol–water partition coefficient (Wildman–Crippen LogP) is 8.23. The van der Waals surface area contributed by atoms with E-state index in [1.807, 2.05) is 0 Å². The van der Waals surface area contributed by atoms with Crippen LogP contribution in [0.25, 0.3) is 6.08 Å². The van der Waals surface area contributed by atoms with Crippen molar-refractivity contribution < 1.29 is 45.8 Å². The van der Waals surface area contributed by atoms with Crippen LogP contribution < -0.4 is 16.2 Å². The summed E-state index contributed by atoms with van der Waals surface area (Å²) in [5.41, 5.74) is 13.3. The Morgan fingerprint density at radius 1 is 0.717 bits per heavy atom. The number of halogens is 5. The van der Waals surface area contributed by atoms with Crippen molar-refractivity contribution in [2.45, 2.75) is 63.7 Å². The maximum Gasteiger partial charge on any atom is 0.426 e. The molecular weight excluding hydrogens is 611 g/mol. The maximum atomic E-state index is 14.7. The van der Waals surface area contributed by atoms with Gasteiger partial charge in [-0.3, -0.25) is 0 Å². The van der Waals surface area contributed by atoms with Gasteiger partial charge in [0.25, 0.3) is 0 Å². The molecule has 0 saturated carbocycles. The zero-order valence-electron chi connectivity index (χ0n) is 25.2. The first-order valence-electron chi connectivity index (χ1n) is 14.8. The highest BCUT2D eigenvalue weighted by Crippen LogP contribution is 2.32. The molecule has 0 spiro atoms. The third-order valence-corrected chi connectivity index (χ3v) is 6.73. The summed E-state index contributed by atoms with van der Waals surface area (Å²) in [5.74, 6) is -1.14. The molecule has 0 bridgehead atoms. The normalized spacial score (nSPS) is 11.8. The van der Waals surface area contributed by atoms with Gasteiger partial charge in [0.1, 0.15) is 5.75 Å². The van der Waals surface area contributed by atoms with Gasteiger partial charge < -0.3 is 25.7 Å². The standard InChI is InChI=1S/C34H37F5N2O5/c35-33(36,37)18-4-3-7-24-8-13-27(14-9-24)34(38,39)46-30-15-10-25(11-16-30)12-17-31(42)44-19-5-1-2-6-20-45-32(43)26-21-28(40)23-29(41)22-26/h8-17,21-23H,1-7,18-20,40-41H2. The zero-order chi connectivity index (χ0) is 33.6. The predicted molar refractivity (Wildman–Crippen MR) is 165 cm³/mol. The van der Waals surface area contributed by atoms with Crippen LogP contribution in [0.15, 0.2) is 72.8 Å². The van der Waals surface area contributed by atoms with Gasteiger partial charge in [-0.25, -0.2) is 9.59 Å². The quantitative estimate of drug-likeness (QED) is 0.0498. The second kappa shape index (κ2) is 17.2. The minimum Gasteiger partial charge on any atom is -0.463 e. The second-order valence-electron chi connectivity index (χ2n) is 10.6. The van der Waals surface area contributed by atoms with Crippen molar-refractivity contribution in [1.29, 1.82) is 0 Å². The molecule has 0 saturated heterocycles. The number of anilines is 2. The van der Waals surface area contributed by atoms with Crippen LogP contribution in [0.3, 0.4) is 0 Å². The van der Waals surface area contributed by atoms with Crippen molar-refractivity contribution in [1.82, 2.24) is 0 Å². The van der Waals surface area contributed by atoms with E-state index in [1.165, 1.54) is 72.8 Å². The van der Waals surface area contributed by atoms with Crippen molar-refractivity contribution in [2.75, 3.05) is 24.7 Å². The van der Waals surface area contributed by atoms with E-state index in [0.29, 0.717) is 53.7 Å². The summed E-state index contributed by atoms with van der Waals surface area (Å²) >= 11 is 0. The highest BCUT2D eigenvalue weighted by molar-refractivity contribution is 5.91. The highest BCUT2D eigenvalue weighted by Gasteiger charge is 2.34. The lowest BCUT2D eigenvalue weighted by Crippen LogP contribution is -2.21. The number of nitrogens with two attached hydrogens (primary N) is 2. The van der Waals surface area contributed by atoms with Crippen LogP contribution >= 0.6 is 0 Å². The lowest BCUT2D eigenvalue weighted by Gasteiger charge is -2.18. The first-order valence-corrected chi connectivity index (χ1v) is 14.8. The molecule has 0 aliphatic rings. The van der Waals surface area contributed by atoms with E-state index < -0.39 is 30.6 Å². The van der Waals surface area contributed by atoms with Crippen LogP contribution in [0.5, 0.6) is 5.75 Å². The van der Waals surface area contributed by atoms with Gasteiger partial charge in [-0.05, 0) is 105 Å². The summed E-state index contributed by atoms with van der Waals surface area (Å²) in [6.45, 7) is 0.455. The monoisotopic (exact) mass is 648 g/mol. The number of carbonyl (C=O) groups is 2. The summed E-state index contributed by atoms with van der Waals surface area (Å²) < 4.78 is 81.4. The van der Waals surface area contributed by atoms with Crippen molar-refractivity contribution in [2.24, 2.45) is 0 Å². The molecule has 0 heterocycles. The van der Waals surface area contributed by atoms with Crippen molar-refractivity contribution in [3.8, 4) is 5.75 Å². The van der Waals surface area contributed by atoms with Gasteiger partial charge in [0.05, 0.1) is 24.3 Å². The lowest BCUT2D eigenvalue weighted by atomic mass is 10.0. The van der Waals surface area contributed by atoms with E-state index >= 15 is 0 Å². The Bertz CT molecular complexity index is 1420. The van der Waals surface area contributed by atoms with Crippen molar-refractivity contribution in [3.05, 3.63) is 95.1 Å². The molecule has 248 valence electrons. The molecule has 0 radical (unpaired) electrons. The number of ether oxygens (including phenoxy) is 3. The average molecular weight is 649 g/mol. The van der Waals surface area contributed by atoms with E-state index in [9.17, 15) is 31.5 Å². The molecule has 0 aliphatic heterocycles. The van der Waals surface area contributed by atoms with Crippen LogP contribution in [0.2, 0.25) is 0 Å². The van der Waals surface area contributed by atoms with E-state index in [0.717, 1.165) is 12.8 Å². The van der Waals surface area contributed by atoms with Crippen LogP contribution in [0.1, 0.15) is 72.0 Å². The SMILES string of the molecule is Nc1cc(N)cc(C(=O)OCCCCCCOC(=O)C=Cc2ccc(OC(F)(F)c3ccc(CCCCC(F)(F)F)cc3)cc2)c1. The van der Waals surface area contributed by atoms with Gasteiger partial charge in [0.2, 0.25) is 0 Å². The molecule has 3 aromatic carbocycles. The summed E-state index contributed by atoms with van der Waals surface area (Å²) in [4.78, 5) is 24.1. The van der Waals surface area contributed by atoms with Crippen LogP contribution in [0.4, 0.5) is 33.3 Å². The number of benzene rings is 3. The summed E-state index contributed by atoms with van der Waals surface area (Å²) in [6.07, 6.45) is -2.54. The number of unbranched alkanes of at least 4 members (excludes halogenated alkanes) is 4. The van der Waals surface area contributed by atoms with Gasteiger partial charge in [-0.2, -0.15) is 22.0 Å². The third kappa shape index (κ3) is 13.2. The number of alkyl halides is 5. The molecule has 3 aromatic rings. The van der Waals surface area contributed by atoms with Gasteiger partial charge in [-0.15, -0.1) is 0 Å². The van der Waals surface area contributed by atoms with Crippen LogP contribution in [-0.4, -0.2) is 31.3 Å². The number of aryl methyl sites for hydroxylation is 1. The molecule has 0 aliphatic carbocycles. The first-order chi connectivity index (χ1) is 21.8. The topological polar surface area (TPSA) is 114 Å². The Morgan fingerprint density at radius 2 is 1.33 bits per heavy atom. The molecule has 0 amide bonds. The van der Waals surface area contributed by atoms with Crippen molar-refractivity contribution >= 4 is 29.4 Å². The summed E-state index contributed by atoms with van der Waals surface area (Å²) in [7, 11) is 0. The molecule has 46 heavy (non-hydrogen) atoms. The molecule has 7 nitrogen and oxygen atoms in total. The third-order valence-electron chi connectivity index (χ3n) is 6.73. The van der Waals surface area contributed by atoms with E-state index in [1.54, 1.807) is 6.07 Å². The smallest absolute Gasteiger partial charge is 0.426 e. The maximum absolute atomic E-state index is 14.7. The molecule has 12 heteroatoms. The lowest BCUT2D eigenvalue weighted by molar-refractivity contribution is -0.185. The number of esters is 2. The fraction of sp³-hybridized carbons (Fsp3) is 0.353. The summed E-state index contributed by atoms with van der Waals surface area (Å²) in [5, 5.41) is 0. The minimum atomic E-state index is -4.20. The molecule has 0 unspecified atom stereocenters. The summed E-state index contributed by atoms with van der Waals surface area (Å²) in [6, 6.07) is 15.5. The Labute approximate surface area is 264 Å². The number of hydrogen-bond donors (Lipinski definition) is 2. The number of nitrogen functional groups attached to an aromatic ring is 2. The highest BCUT2D eigenvalue weighted by atomic mass is 19.4. The van der Waals surface area contributed by atoms with E-state index in [-0.39, 0.29) is 30.9 Å². The Hall–Kier alpha value is -4.61. The van der Waals surface area contributed by atoms with Gasteiger partial charge in [-0.1, -0.05) is 24.3 Å². The average Bonchev–Trinajstić information content (AvgIpc) is 2.99. The fourth-order valence-corrected chi connectivity index (χ4v) is 4.36. The number of hydrogen-bond acceptors (Lipinski definition) is 7. The molecule has 3 rings (SSSR count). The van der Waals surface area contributed by atoms with Crippen LogP contribution in [-0.2, 0) is 26.8 Å². The number of carbonyl (C=O) groups excluding carboxylic acids is 2. The minimum absolute atomic E-state index is 0.0235. The first kappa shape index (κ1) is 35.9. The van der Waals surface area contributed by atoms with Gasteiger partial charge >= 0.3 is 24.2 Å². The molecule has 0 aromatic heterocycles. The van der Waals surface area contributed by atoms with Gasteiger partial charge in [0, 0.05) is 23.9 Å². The van der Waals surface area contributed by atoms with E-state index in [4.69, 9.17) is 25.7 Å². The molecule has 0 fully saturated rings. The Balaban J connectivity index is 1.31. The fourth-order valence-electron chi connectivity index (χ4n) is 4.36. The Morgan fingerprint density at radius 3 is 1.93 bits per heavy atom. The molecule has 4 N–H and O–H groups in total. The van der Waals surface area contributed by atoms with Crippen LogP contribution in [0, 0.1) is 0 Å². The number of rotatable bonds is 17. The van der Waals surface area contributed by atoms with E-state index in [2.05, 4.69) is 0 Å². The zero-order valence-corrected chi connectivity index (χ0v) is 25.2. The molecule has 0 atom stereocenters.